The average molecular weight is 552 g/mol. The van der Waals surface area contributed by atoms with Crippen LogP contribution >= 0.6 is 27.5 Å². The molecule has 174 valence electrons. The Kier molecular flexibility index (Phi) is 7.66. The van der Waals surface area contributed by atoms with E-state index in [1.165, 1.54) is 0 Å². The van der Waals surface area contributed by atoms with Crippen LogP contribution in [0.2, 0.25) is 5.02 Å². The smallest absolute Gasteiger partial charge is 0.260 e. The maximum Gasteiger partial charge on any atom is 0.260 e. The van der Waals surface area contributed by atoms with Gasteiger partial charge in [0.25, 0.3) is 5.91 Å². The number of sulfonamides is 1. The van der Waals surface area contributed by atoms with Crippen molar-refractivity contribution in [1.29, 1.82) is 0 Å². The van der Waals surface area contributed by atoms with Gasteiger partial charge in [0.05, 0.1) is 18.2 Å². The number of aryl methyl sites for hydroxylation is 1. The molecule has 0 radical (unpaired) electrons. The number of hydrogen-bond donors (Lipinski definition) is 1. The van der Waals surface area contributed by atoms with Gasteiger partial charge in [0, 0.05) is 32.1 Å². The first-order chi connectivity index (χ1) is 15.5. The summed E-state index contributed by atoms with van der Waals surface area (Å²) >= 11 is 9.57. The fourth-order valence-corrected chi connectivity index (χ4v) is 4.83. The van der Waals surface area contributed by atoms with Crippen LogP contribution in [-0.2, 0) is 14.8 Å². The minimum Gasteiger partial charge on any atom is -0.318 e. The van der Waals surface area contributed by atoms with Crippen molar-refractivity contribution in [2.45, 2.75) is 20.8 Å². The predicted octanol–water partition coefficient (Wildman–Crippen LogP) is 4.73. The molecule has 0 fully saturated rings. The molecule has 0 aliphatic heterocycles. The van der Waals surface area contributed by atoms with Crippen molar-refractivity contribution in [3.63, 3.8) is 0 Å². The number of nitrogens with one attached hydrogen (secondary N) is 1. The highest BCUT2D eigenvalue weighted by Gasteiger charge is 2.23. The molecule has 0 spiro atoms. The number of nitrogens with zero attached hydrogens (tertiary/aromatic N) is 3. The van der Waals surface area contributed by atoms with Crippen LogP contribution in [0.15, 0.2) is 58.1 Å². The van der Waals surface area contributed by atoms with Gasteiger partial charge in [-0.25, -0.2) is 13.8 Å². The molecule has 1 amide bonds. The van der Waals surface area contributed by atoms with E-state index in [9.17, 15) is 13.2 Å². The molecule has 0 aliphatic carbocycles. The minimum atomic E-state index is -3.72. The van der Waals surface area contributed by atoms with E-state index in [0.717, 1.165) is 37.7 Å². The standard InChI is InChI=1S/C23H24BrClN4O3S/c1-15-12-18(17(3)29(15)20-10-8-19(24)9-11-20)13-26-27-23(30)14-28(33(4,31)32)22-7-5-6-21(25)16(22)2/h5-13H,14H2,1-4H3,(H,27,30)/b26-13-. The van der Waals surface area contributed by atoms with E-state index in [0.29, 0.717) is 16.3 Å². The van der Waals surface area contributed by atoms with E-state index in [1.807, 2.05) is 44.2 Å². The Balaban J connectivity index is 1.76. The Hall–Kier alpha value is -2.62. The molecule has 33 heavy (non-hydrogen) atoms. The zero-order valence-electron chi connectivity index (χ0n) is 18.6. The van der Waals surface area contributed by atoms with Crippen molar-refractivity contribution < 1.29 is 13.2 Å². The van der Waals surface area contributed by atoms with Crippen molar-refractivity contribution >= 4 is 55.4 Å². The lowest BCUT2D eigenvalue weighted by atomic mass is 10.2. The van der Waals surface area contributed by atoms with Crippen LogP contribution in [0.5, 0.6) is 0 Å². The SMILES string of the molecule is Cc1c(Cl)cccc1N(CC(=O)N/N=C\c1cc(C)n(-c2ccc(Br)cc2)c1C)S(C)(=O)=O. The highest BCUT2D eigenvalue weighted by molar-refractivity contribution is 9.10. The van der Waals surface area contributed by atoms with Crippen molar-refractivity contribution in [3.05, 3.63) is 80.5 Å². The second-order valence-electron chi connectivity index (χ2n) is 7.59. The van der Waals surface area contributed by atoms with Crippen molar-refractivity contribution in [2.24, 2.45) is 5.10 Å². The van der Waals surface area contributed by atoms with Gasteiger partial charge in [-0.15, -0.1) is 0 Å². The Morgan fingerprint density at radius 1 is 1.18 bits per heavy atom. The molecule has 2 aromatic carbocycles. The Labute approximate surface area is 207 Å². The van der Waals surface area contributed by atoms with E-state index >= 15 is 0 Å². The van der Waals surface area contributed by atoms with E-state index < -0.39 is 22.5 Å². The number of carbonyl (C=O) groups excluding carboxylic acids is 1. The largest absolute Gasteiger partial charge is 0.318 e. The maximum atomic E-state index is 12.5. The zero-order chi connectivity index (χ0) is 24.3. The van der Waals surface area contributed by atoms with E-state index in [-0.39, 0.29) is 0 Å². The van der Waals surface area contributed by atoms with Crippen LogP contribution in [-0.4, -0.2) is 37.9 Å². The topological polar surface area (TPSA) is 83.8 Å². The highest BCUT2D eigenvalue weighted by atomic mass is 79.9. The number of benzene rings is 2. The molecule has 0 aliphatic rings. The Morgan fingerprint density at radius 3 is 2.48 bits per heavy atom. The van der Waals surface area contributed by atoms with Crippen LogP contribution < -0.4 is 9.73 Å². The number of halogens is 2. The molecule has 1 N–H and O–H groups in total. The molecule has 7 nitrogen and oxygen atoms in total. The first-order valence-corrected chi connectivity index (χ1v) is 13.0. The first kappa shape index (κ1) is 25.0. The summed E-state index contributed by atoms with van der Waals surface area (Å²) in [4.78, 5) is 12.5. The number of carbonyl (C=O) groups is 1. The lowest BCUT2D eigenvalue weighted by Crippen LogP contribution is -2.39. The molecule has 0 unspecified atom stereocenters. The number of anilines is 1. The van der Waals surface area contributed by atoms with Gasteiger partial charge in [-0.05, 0) is 68.8 Å². The molecule has 3 aromatic rings. The van der Waals surface area contributed by atoms with Crippen LogP contribution in [0.4, 0.5) is 5.69 Å². The fraction of sp³-hybridized carbons (Fsp3) is 0.217. The lowest BCUT2D eigenvalue weighted by Gasteiger charge is -2.23. The molecule has 0 atom stereocenters. The molecule has 3 rings (SSSR count). The molecule has 1 aromatic heterocycles. The number of aromatic nitrogens is 1. The summed E-state index contributed by atoms with van der Waals surface area (Å²) in [5.41, 5.74) is 7.16. The quantitative estimate of drug-likeness (QED) is 0.340. The zero-order valence-corrected chi connectivity index (χ0v) is 21.8. The molecule has 0 saturated heterocycles. The first-order valence-electron chi connectivity index (χ1n) is 9.98. The maximum absolute atomic E-state index is 12.5. The normalized spacial score (nSPS) is 11.7. The van der Waals surface area contributed by atoms with Gasteiger partial charge in [0.2, 0.25) is 10.0 Å². The summed E-state index contributed by atoms with van der Waals surface area (Å²) < 4.78 is 28.7. The summed E-state index contributed by atoms with van der Waals surface area (Å²) in [5.74, 6) is -0.572. The molecule has 0 bridgehead atoms. The third-order valence-corrected chi connectivity index (χ3v) is 7.21. The van der Waals surface area contributed by atoms with E-state index in [2.05, 4.69) is 31.0 Å². The van der Waals surface area contributed by atoms with Gasteiger partial charge < -0.3 is 4.57 Å². The number of hydrazone groups is 1. The van der Waals surface area contributed by atoms with Crippen LogP contribution in [0.3, 0.4) is 0 Å². The summed E-state index contributed by atoms with van der Waals surface area (Å²) in [7, 11) is -3.72. The van der Waals surface area contributed by atoms with Crippen LogP contribution in [0.1, 0.15) is 22.5 Å². The van der Waals surface area contributed by atoms with Gasteiger partial charge in [-0.1, -0.05) is 33.6 Å². The van der Waals surface area contributed by atoms with Gasteiger partial charge >= 0.3 is 0 Å². The van der Waals surface area contributed by atoms with Crippen molar-refractivity contribution in [3.8, 4) is 5.69 Å². The Morgan fingerprint density at radius 2 is 1.85 bits per heavy atom. The molecular formula is C23H24BrClN4O3S. The van der Waals surface area contributed by atoms with Crippen molar-refractivity contribution in [1.82, 2.24) is 9.99 Å². The van der Waals surface area contributed by atoms with Gasteiger partial charge in [-0.3, -0.25) is 9.10 Å². The van der Waals surface area contributed by atoms with E-state index in [4.69, 9.17) is 11.6 Å². The average Bonchev–Trinajstić information content (AvgIpc) is 3.02. The second-order valence-corrected chi connectivity index (χ2v) is 10.8. The number of rotatable bonds is 7. The third-order valence-electron chi connectivity index (χ3n) is 5.14. The lowest BCUT2D eigenvalue weighted by molar-refractivity contribution is -0.119. The molecule has 1 heterocycles. The van der Waals surface area contributed by atoms with Gasteiger partial charge in [0.1, 0.15) is 6.54 Å². The molecule has 0 saturated carbocycles. The summed E-state index contributed by atoms with van der Waals surface area (Å²) in [6, 6.07) is 14.8. The van der Waals surface area contributed by atoms with Crippen LogP contribution in [0.25, 0.3) is 5.69 Å². The summed E-state index contributed by atoms with van der Waals surface area (Å²) in [6.45, 7) is 5.23. The summed E-state index contributed by atoms with van der Waals surface area (Å²) in [5, 5.41) is 4.46. The van der Waals surface area contributed by atoms with Crippen LogP contribution in [0, 0.1) is 20.8 Å². The van der Waals surface area contributed by atoms with E-state index in [1.54, 1.807) is 31.3 Å². The number of hydrogen-bond acceptors (Lipinski definition) is 4. The molecular weight excluding hydrogens is 528 g/mol. The monoisotopic (exact) mass is 550 g/mol. The minimum absolute atomic E-state index is 0.349. The highest BCUT2D eigenvalue weighted by Crippen LogP contribution is 2.28. The third kappa shape index (κ3) is 5.85. The number of amides is 1. The predicted molar refractivity (Wildman–Crippen MR) is 137 cm³/mol. The molecule has 10 heteroatoms. The second kappa shape index (κ2) is 10.1. The summed E-state index contributed by atoms with van der Waals surface area (Å²) in [6.07, 6.45) is 2.59. The van der Waals surface area contributed by atoms with Gasteiger partial charge in [-0.2, -0.15) is 5.10 Å². The Bertz CT molecular complexity index is 1320. The van der Waals surface area contributed by atoms with Gasteiger partial charge in [0.15, 0.2) is 0 Å². The fourth-order valence-electron chi connectivity index (χ4n) is 3.49. The van der Waals surface area contributed by atoms with Crippen molar-refractivity contribution in [2.75, 3.05) is 17.1 Å².